The predicted molar refractivity (Wildman–Crippen MR) is 102 cm³/mol. The summed E-state index contributed by atoms with van der Waals surface area (Å²) in [6.45, 7) is -0.0485. The van der Waals surface area contributed by atoms with Crippen molar-refractivity contribution in [2.24, 2.45) is 11.8 Å². The minimum atomic E-state index is -5.17. The number of aryl methyl sites for hydroxylation is 1. The van der Waals surface area contributed by atoms with Gasteiger partial charge in [0.25, 0.3) is 0 Å². The summed E-state index contributed by atoms with van der Waals surface area (Å²) in [6.07, 6.45) is -8.13. The predicted octanol–water partition coefficient (Wildman–Crippen LogP) is 5.59. The topological polar surface area (TPSA) is 54.0 Å². The van der Waals surface area contributed by atoms with Crippen molar-refractivity contribution in [3.8, 4) is 0 Å². The maximum atomic E-state index is 14.6. The first kappa shape index (κ1) is 26.7. The first-order chi connectivity index (χ1) is 15.9. The molecule has 0 radical (unpaired) electrons. The SMILES string of the molecule is CCCc1cc(F)c(C(F)(F)OC2CCC(C3COC(OC(=O)C(F)(F)F)OC3)CC2)c(F)c1. The van der Waals surface area contributed by atoms with Crippen molar-refractivity contribution >= 4 is 5.97 Å². The average molecular weight is 502 g/mol. The summed E-state index contributed by atoms with van der Waals surface area (Å²) in [4.78, 5) is 10.8. The highest BCUT2D eigenvalue weighted by Crippen LogP contribution is 2.40. The fourth-order valence-corrected chi connectivity index (χ4v) is 4.28. The number of hydrogen-bond acceptors (Lipinski definition) is 5. The van der Waals surface area contributed by atoms with E-state index in [1.165, 1.54) is 0 Å². The van der Waals surface area contributed by atoms with Crippen molar-refractivity contribution in [3.63, 3.8) is 0 Å². The molecule has 1 heterocycles. The van der Waals surface area contributed by atoms with Gasteiger partial charge in [0.2, 0.25) is 0 Å². The highest BCUT2D eigenvalue weighted by atomic mass is 19.4. The van der Waals surface area contributed by atoms with E-state index in [9.17, 15) is 35.5 Å². The van der Waals surface area contributed by atoms with Crippen LogP contribution in [0, 0.1) is 23.5 Å². The Labute approximate surface area is 191 Å². The summed E-state index contributed by atoms with van der Waals surface area (Å²) >= 11 is 0. The quantitative estimate of drug-likeness (QED) is 0.359. The lowest BCUT2D eigenvalue weighted by Gasteiger charge is -2.37. The van der Waals surface area contributed by atoms with E-state index in [1.54, 1.807) is 6.92 Å². The summed E-state index contributed by atoms with van der Waals surface area (Å²) in [7, 11) is 0. The largest absolute Gasteiger partial charge is 0.491 e. The lowest BCUT2D eigenvalue weighted by atomic mass is 9.79. The Bertz CT molecular complexity index is 822. The summed E-state index contributed by atoms with van der Waals surface area (Å²) in [6, 6.07) is 1.77. The Morgan fingerprint density at radius 3 is 2.03 bits per heavy atom. The third kappa shape index (κ3) is 6.60. The summed E-state index contributed by atoms with van der Waals surface area (Å²) in [5, 5.41) is 0. The van der Waals surface area contributed by atoms with Crippen molar-refractivity contribution < 1.29 is 54.5 Å². The molecule has 0 bridgehead atoms. The lowest BCUT2D eigenvalue weighted by Crippen LogP contribution is -2.42. The zero-order chi connectivity index (χ0) is 25.1. The molecule has 5 nitrogen and oxygen atoms in total. The molecular formula is C22H25F7O5. The van der Waals surface area contributed by atoms with Gasteiger partial charge in [0.1, 0.15) is 17.2 Å². The van der Waals surface area contributed by atoms with E-state index in [1.807, 2.05) is 0 Å². The van der Waals surface area contributed by atoms with Gasteiger partial charge in [-0.25, -0.2) is 13.6 Å². The molecule has 0 spiro atoms. The Hall–Kier alpha value is -1.92. The van der Waals surface area contributed by atoms with Crippen LogP contribution in [0.5, 0.6) is 0 Å². The van der Waals surface area contributed by atoms with Gasteiger partial charge in [-0.05, 0) is 55.7 Å². The second-order valence-corrected chi connectivity index (χ2v) is 8.47. The van der Waals surface area contributed by atoms with Gasteiger partial charge in [0, 0.05) is 5.92 Å². The normalized spacial score (nSPS) is 26.4. The van der Waals surface area contributed by atoms with E-state index in [2.05, 4.69) is 4.74 Å². The highest BCUT2D eigenvalue weighted by molar-refractivity contribution is 5.75. The van der Waals surface area contributed by atoms with Crippen LogP contribution in [-0.4, -0.2) is 37.9 Å². The van der Waals surface area contributed by atoms with E-state index < -0.39 is 48.0 Å². The fraction of sp³-hybridized carbons (Fsp3) is 0.682. The molecule has 3 rings (SSSR count). The monoisotopic (exact) mass is 502 g/mol. The van der Waals surface area contributed by atoms with Crippen LogP contribution in [0.2, 0.25) is 0 Å². The van der Waals surface area contributed by atoms with Crippen LogP contribution in [-0.2, 0) is 36.3 Å². The molecule has 1 aliphatic heterocycles. The Kier molecular flexibility index (Phi) is 8.46. The van der Waals surface area contributed by atoms with Gasteiger partial charge in [0.05, 0.1) is 19.3 Å². The second kappa shape index (κ2) is 10.8. The molecular weight excluding hydrogens is 477 g/mol. The minimum absolute atomic E-state index is 0.0390. The minimum Gasteiger partial charge on any atom is -0.404 e. The zero-order valence-corrected chi connectivity index (χ0v) is 18.3. The third-order valence-electron chi connectivity index (χ3n) is 5.96. The molecule has 192 valence electrons. The number of alkyl halides is 5. The lowest BCUT2D eigenvalue weighted by molar-refractivity contribution is -0.325. The molecule has 2 aliphatic rings. The summed E-state index contributed by atoms with van der Waals surface area (Å²) < 4.78 is 113. The standard InChI is InChI=1S/C22H25F7O5/c1-2-3-12-8-16(23)18(17(24)9-12)22(28,29)34-15-6-4-13(5-7-15)14-10-31-20(32-11-14)33-19(30)21(25,26)27/h8-9,13-15,20H,2-7,10-11H2,1H3. The highest BCUT2D eigenvalue weighted by Gasteiger charge is 2.45. The van der Waals surface area contributed by atoms with Crippen LogP contribution in [0.3, 0.4) is 0 Å². The number of ether oxygens (including phenoxy) is 4. The van der Waals surface area contributed by atoms with E-state index in [0.717, 1.165) is 12.1 Å². The van der Waals surface area contributed by atoms with Gasteiger partial charge < -0.3 is 18.9 Å². The molecule has 1 aromatic rings. The van der Waals surface area contributed by atoms with Crippen molar-refractivity contribution in [1.29, 1.82) is 0 Å². The van der Waals surface area contributed by atoms with Gasteiger partial charge in [-0.1, -0.05) is 13.3 Å². The molecule has 1 aromatic carbocycles. The van der Waals surface area contributed by atoms with E-state index in [-0.39, 0.29) is 43.5 Å². The van der Waals surface area contributed by atoms with Gasteiger partial charge in [-0.15, -0.1) is 0 Å². The maximum absolute atomic E-state index is 14.6. The van der Waals surface area contributed by atoms with E-state index in [0.29, 0.717) is 25.7 Å². The molecule has 0 amide bonds. The number of halogens is 7. The average Bonchev–Trinajstić information content (AvgIpc) is 2.73. The smallest absolute Gasteiger partial charge is 0.404 e. The first-order valence-electron chi connectivity index (χ1n) is 11.0. The number of hydrogen-bond donors (Lipinski definition) is 0. The number of carbonyl (C=O) groups excluding carboxylic acids is 1. The number of esters is 1. The van der Waals surface area contributed by atoms with Crippen LogP contribution >= 0.6 is 0 Å². The molecule has 1 aliphatic carbocycles. The molecule has 34 heavy (non-hydrogen) atoms. The van der Waals surface area contributed by atoms with E-state index >= 15 is 0 Å². The number of rotatable bonds is 7. The third-order valence-corrected chi connectivity index (χ3v) is 5.96. The van der Waals surface area contributed by atoms with Gasteiger partial charge in [0.15, 0.2) is 0 Å². The first-order valence-corrected chi connectivity index (χ1v) is 11.0. The van der Waals surface area contributed by atoms with Gasteiger partial charge in [-0.2, -0.15) is 22.0 Å². The molecule has 0 atom stereocenters. The Morgan fingerprint density at radius 2 is 1.53 bits per heavy atom. The molecule has 1 saturated carbocycles. The van der Waals surface area contributed by atoms with Crippen LogP contribution in [0.25, 0.3) is 0 Å². The number of benzene rings is 1. The fourth-order valence-electron chi connectivity index (χ4n) is 4.28. The molecule has 0 unspecified atom stereocenters. The molecule has 0 aromatic heterocycles. The van der Waals surface area contributed by atoms with Gasteiger partial charge in [-0.3, -0.25) is 0 Å². The summed E-state index contributed by atoms with van der Waals surface area (Å²) in [5.41, 5.74) is -1.13. The van der Waals surface area contributed by atoms with Crippen molar-refractivity contribution in [3.05, 3.63) is 34.9 Å². The van der Waals surface area contributed by atoms with E-state index in [4.69, 9.17) is 14.2 Å². The maximum Gasteiger partial charge on any atom is 0.491 e. The Morgan fingerprint density at radius 1 is 0.971 bits per heavy atom. The van der Waals surface area contributed by atoms with Crippen molar-refractivity contribution in [2.45, 2.75) is 70.3 Å². The van der Waals surface area contributed by atoms with Crippen molar-refractivity contribution in [1.82, 2.24) is 0 Å². The molecule has 1 saturated heterocycles. The molecule has 0 N–H and O–H groups in total. The van der Waals surface area contributed by atoms with Crippen molar-refractivity contribution in [2.75, 3.05) is 13.2 Å². The molecule has 12 heteroatoms. The zero-order valence-electron chi connectivity index (χ0n) is 18.3. The van der Waals surface area contributed by atoms with Crippen LogP contribution < -0.4 is 0 Å². The van der Waals surface area contributed by atoms with Crippen LogP contribution in [0.4, 0.5) is 30.7 Å². The van der Waals surface area contributed by atoms with Crippen LogP contribution in [0.15, 0.2) is 12.1 Å². The Balaban J connectivity index is 1.49. The van der Waals surface area contributed by atoms with Crippen LogP contribution in [0.1, 0.15) is 50.2 Å². The number of carbonyl (C=O) groups is 1. The van der Waals surface area contributed by atoms with Gasteiger partial charge >= 0.3 is 24.7 Å². The molecule has 2 fully saturated rings. The summed E-state index contributed by atoms with van der Waals surface area (Å²) in [5.74, 6) is -5.46. The second-order valence-electron chi connectivity index (χ2n) is 8.47.